The molecule has 1 saturated heterocycles. The van der Waals surface area contributed by atoms with Gasteiger partial charge >= 0.3 is 0 Å². The van der Waals surface area contributed by atoms with Crippen LogP contribution in [0.5, 0.6) is 0 Å². The van der Waals surface area contributed by atoms with Gasteiger partial charge in [0.25, 0.3) is 0 Å². The van der Waals surface area contributed by atoms with Gasteiger partial charge in [-0.2, -0.15) is 0 Å². The van der Waals surface area contributed by atoms with Crippen molar-refractivity contribution in [2.75, 3.05) is 26.2 Å². The molecule has 0 unspecified atom stereocenters. The Balaban J connectivity index is 1.62. The first-order valence-electron chi connectivity index (χ1n) is 8.34. The number of nitrogens with zero attached hydrogens (tertiary/aromatic N) is 1. The molecule has 2 atom stereocenters. The average molecular weight is 272 g/mol. The van der Waals surface area contributed by atoms with Crippen LogP contribution in [-0.2, 0) is 0 Å². The molecule has 0 aromatic heterocycles. The molecule has 2 aliphatic rings. The van der Waals surface area contributed by atoms with Crippen LogP contribution in [0.25, 0.3) is 0 Å². The van der Waals surface area contributed by atoms with Crippen LogP contribution in [0.4, 0.5) is 0 Å². The van der Waals surface area contributed by atoms with Crippen molar-refractivity contribution in [3.8, 4) is 0 Å². The Morgan fingerprint density at radius 1 is 1.00 bits per heavy atom. The Kier molecular flexibility index (Phi) is 4.74. The van der Waals surface area contributed by atoms with Gasteiger partial charge in [0.15, 0.2) is 0 Å². The summed E-state index contributed by atoms with van der Waals surface area (Å²) in [5.41, 5.74) is 7.51. The quantitative estimate of drug-likeness (QED) is 0.911. The predicted molar refractivity (Wildman–Crippen MR) is 84.7 cm³/mol. The minimum Gasteiger partial charge on any atom is -0.330 e. The molecule has 2 fully saturated rings. The summed E-state index contributed by atoms with van der Waals surface area (Å²) in [6.45, 7) is 4.54. The number of hydrogen-bond acceptors (Lipinski definition) is 2. The molecule has 1 heterocycles. The molecule has 1 aliphatic heterocycles. The van der Waals surface area contributed by atoms with Crippen LogP contribution < -0.4 is 5.73 Å². The summed E-state index contributed by atoms with van der Waals surface area (Å²) in [7, 11) is 0. The topological polar surface area (TPSA) is 29.3 Å². The summed E-state index contributed by atoms with van der Waals surface area (Å²) >= 11 is 0. The fourth-order valence-electron chi connectivity index (χ4n) is 4.16. The molecule has 0 amide bonds. The van der Waals surface area contributed by atoms with Gasteiger partial charge < -0.3 is 10.6 Å². The van der Waals surface area contributed by atoms with E-state index in [4.69, 9.17) is 5.73 Å². The van der Waals surface area contributed by atoms with Crippen LogP contribution >= 0.6 is 0 Å². The zero-order valence-electron chi connectivity index (χ0n) is 12.5. The fourth-order valence-corrected chi connectivity index (χ4v) is 4.16. The molecule has 0 radical (unpaired) electrons. The lowest BCUT2D eigenvalue weighted by Gasteiger charge is -2.26. The monoisotopic (exact) mass is 272 g/mol. The summed E-state index contributed by atoms with van der Waals surface area (Å²) in [6, 6.07) is 11.0. The Labute approximate surface area is 123 Å². The van der Waals surface area contributed by atoms with Crippen molar-refractivity contribution in [3.05, 3.63) is 35.9 Å². The molecule has 1 aromatic rings. The summed E-state index contributed by atoms with van der Waals surface area (Å²) in [5, 5.41) is 0. The highest BCUT2D eigenvalue weighted by Gasteiger charge is 2.33. The highest BCUT2D eigenvalue weighted by atomic mass is 15.2. The Morgan fingerprint density at radius 3 is 2.45 bits per heavy atom. The van der Waals surface area contributed by atoms with E-state index in [1.54, 1.807) is 0 Å². The predicted octanol–water partition coefficient (Wildman–Crippen LogP) is 3.24. The van der Waals surface area contributed by atoms with Gasteiger partial charge in [0.05, 0.1) is 0 Å². The van der Waals surface area contributed by atoms with Crippen molar-refractivity contribution in [2.24, 2.45) is 17.6 Å². The maximum atomic E-state index is 6.03. The molecular weight excluding hydrogens is 244 g/mol. The van der Waals surface area contributed by atoms with Crippen LogP contribution in [0.3, 0.4) is 0 Å². The molecule has 0 bridgehead atoms. The zero-order valence-corrected chi connectivity index (χ0v) is 12.5. The van der Waals surface area contributed by atoms with Gasteiger partial charge in [-0.25, -0.2) is 0 Å². The van der Waals surface area contributed by atoms with Crippen molar-refractivity contribution < 1.29 is 0 Å². The third-order valence-corrected chi connectivity index (χ3v) is 5.29. The molecule has 0 spiro atoms. The minimum absolute atomic E-state index is 0.640. The first-order valence-corrected chi connectivity index (χ1v) is 8.34. The molecule has 2 N–H and O–H groups in total. The van der Waals surface area contributed by atoms with Crippen molar-refractivity contribution in [2.45, 2.75) is 38.0 Å². The van der Waals surface area contributed by atoms with E-state index in [0.29, 0.717) is 11.8 Å². The Hall–Kier alpha value is -0.860. The average Bonchev–Trinajstić information content (AvgIpc) is 2.92. The van der Waals surface area contributed by atoms with E-state index in [-0.39, 0.29) is 0 Å². The molecule has 2 heteroatoms. The maximum absolute atomic E-state index is 6.03. The first kappa shape index (κ1) is 14.1. The number of rotatable bonds is 4. The van der Waals surface area contributed by atoms with Crippen LogP contribution in [-0.4, -0.2) is 31.1 Å². The molecule has 2 nitrogen and oxygen atoms in total. The molecule has 110 valence electrons. The van der Waals surface area contributed by atoms with E-state index in [2.05, 4.69) is 35.2 Å². The third kappa shape index (κ3) is 3.24. The van der Waals surface area contributed by atoms with Crippen molar-refractivity contribution in [1.82, 2.24) is 4.90 Å². The lowest BCUT2D eigenvalue weighted by molar-refractivity contribution is 0.228. The zero-order chi connectivity index (χ0) is 13.8. The molecule has 1 aromatic carbocycles. The minimum atomic E-state index is 0.640. The van der Waals surface area contributed by atoms with Crippen LogP contribution in [0, 0.1) is 11.8 Å². The normalized spacial score (nSPS) is 28.9. The first-order chi connectivity index (χ1) is 9.86. The molecule has 1 saturated carbocycles. The fraction of sp³-hybridized carbons (Fsp3) is 0.667. The summed E-state index contributed by atoms with van der Waals surface area (Å²) in [4.78, 5) is 2.69. The number of benzene rings is 1. The van der Waals surface area contributed by atoms with Gasteiger partial charge in [-0.3, -0.25) is 0 Å². The lowest BCUT2D eigenvalue weighted by atomic mass is 9.89. The van der Waals surface area contributed by atoms with Crippen molar-refractivity contribution in [3.63, 3.8) is 0 Å². The number of nitrogens with two attached hydrogens (primary N) is 1. The molecular formula is C18H28N2. The van der Waals surface area contributed by atoms with E-state index >= 15 is 0 Å². The van der Waals surface area contributed by atoms with E-state index in [0.717, 1.165) is 12.5 Å². The maximum Gasteiger partial charge on any atom is 0.00541 e. The summed E-state index contributed by atoms with van der Waals surface area (Å²) in [5.74, 6) is 2.22. The second kappa shape index (κ2) is 6.73. The van der Waals surface area contributed by atoms with E-state index < -0.39 is 0 Å². The van der Waals surface area contributed by atoms with Crippen LogP contribution in [0.15, 0.2) is 30.3 Å². The highest BCUT2D eigenvalue weighted by molar-refractivity contribution is 5.22. The Morgan fingerprint density at radius 2 is 1.75 bits per heavy atom. The SMILES string of the molecule is NC[C@@H]1CN(CC2CCCCC2)C[C@H]1c1ccccc1. The van der Waals surface area contributed by atoms with E-state index in [1.807, 2.05) is 0 Å². The van der Waals surface area contributed by atoms with Crippen molar-refractivity contribution in [1.29, 1.82) is 0 Å². The Bertz CT molecular complexity index is 397. The van der Waals surface area contributed by atoms with Gasteiger partial charge in [-0.1, -0.05) is 49.6 Å². The smallest absolute Gasteiger partial charge is 0.00541 e. The van der Waals surface area contributed by atoms with Crippen molar-refractivity contribution >= 4 is 0 Å². The lowest BCUT2D eigenvalue weighted by Crippen LogP contribution is -2.29. The molecule has 3 rings (SSSR count). The third-order valence-electron chi connectivity index (χ3n) is 5.29. The van der Waals surface area contributed by atoms with Crippen LogP contribution in [0.1, 0.15) is 43.6 Å². The number of likely N-dealkylation sites (tertiary alicyclic amines) is 1. The van der Waals surface area contributed by atoms with Gasteiger partial charge in [0.1, 0.15) is 0 Å². The van der Waals surface area contributed by atoms with E-state index in [9.17, 15) is 0 Å². The number of hydrogen-bond donors (Lipinski definition) is 1. The largest absolute Gasteiger partial charge is 0.330 e. The van der Waals surface area contributed by atoms with Crippen LogP contribution in [0.2, 0.25) is 0 Å². The summed E-state index contributed by atoms with van der Waals surface area (Å²) < 4.78 is 0. The van der Waals surface area contributed by atoms with Gasteiger partial charge in [-0.05, 0) is 36.8 Å². The highest BCUT2D eigenvalue weighted by Crippen LogP contribution is 2.34. The second-order valence-electron chi connectivity index (χ2n) is 6.74. The molecule has 20 heavy (non-hydrogen) atoms. The second-order valence-corrected chi connectivity index (χ2v) is 6.74. The van der Waals surface area contributed by atoms with Gasteiger partial charge in [0, 0.05) is 25.6 Å². The van der Waals surface area contributed by atoms with E-state index in [1.165, 1.54) is 57.3 Å². The summed E-state index contributed by atoms with van der Waals surface area (Å²) in [6.07, 6.45) is 7.23. The van der Waals surface area contributed by atoms with Gasteiger partial charge in [-0.15, -0.1) is 0 Å². The standard InChI is InChI=1S/C18H28N2/c19-11-17-13-20(12-15-7-3-1-4-8-15)14-18(17)16-9-5-2-6-10-16/h2,5-6,9-10,15,17-18H,1,3-4,7-8,11-14,19H2/t17-,18+/m1/s1. The molecule has 1 aliphatic carbocycles. The van der Waals surface area contributed by atoms with Gasteiger partial charge in [0.2, 0.25) is 0 Å².